The third kappa shape index (κ3) is 5.07. The summed E-state index contributed by atoms with van der Waals surface area (Å²) in [6.45, 7) is 4.70. The highest BCUT2D eigenvalue weighted by atomic mass is 16.5. The number of rotatable bonds is 9. The maximum Gasteiger partial charge on any atom is 0.260 e. The van der Waals surface area contributed by atoms with Gasteiger partial charge in [-0.05, 0) is 26.0 Å². The zero-order chi connectivity index (χ0) is 15.7. The number of methoxy groups -OCH3 is 1. The molecule has 1 aromatic rings. The van der Waals surface area contributed by atoms with Crippen LogP contribution in [0.4, 0.5) is 0 Å². The van der Waals surface area contributed by atoms with Crippen molar-refractivity contribution in [3.63, 3.8) is 0 Å². The predicted octanol–water partition coefficient (Wildman–Crippen LogP) is 1.43. The second kappa shape index (κ2) is 8.97. The van der Waals surface area contributed by atoms with E-state index in [0.717, 1.165) is 0 Å². The van der Waals surface area contributed by atoms with Crippen molar-refractivity contribution in [2.24, 2.45) is 0 Å². The van der Waals surface area contributed by atoms with Crippen LogP contribution in [0.25, 0.3) is 0 Å². The average Bonchev–Trinajstić information content (AvgIpc) is 2.49. The van der Waals surface area contributed by atoms with Crippen LogP contribution in [0, 0.1) is 0 Å². The second-order valence-corrected chi connectivity index (χ2v) is 4.27. The number of para-hydroxylation sites is 1. The zero-order valence-electron chi connectivity index (χ0n) is 12.5. The molecule has 21 heavy (non-hydrogen) atoms. The van der Waals surface area contributed by atoms with Crippen LogP contribution in [-0.2, 0) is 9.53 Å². The van der Waals surface area contributed by atoms with Gasteiger partial charge < -0.3 is 19.5 Å². The zero-order valence-corrected chi connectivity index (χ0v) is 12.5. The number of ether oxygens (including phenoxy) is 3. The SMILES string of the molecule is CCOc1cccc(C=O)c1OC(C)C(=O)NCCOC. The van der Waals surface area contributed by atoms with Crippen LogP contribution in [0.2, 0.25) is 0 Å². The summed E-state index contributed by atoms with van der Waals surface area (Å²) >= 11 is 0. The van der Waals surface area contributed by atoms with Crippen molar-refractivity contribution < 1.29 is 23.8 Å². The normalized spacial score (nSPS) is 11.6. The van der Waals surface area contributed by atoms with Gasteiger partial charge in [0.05, 0.1) is 18.8 Å². The molecule has 1 unspecified atom stereocenters. The van der Waals surface area contributed by atoms with Crippen LogP contribution in [0.3, 0.4) is 0 Å². The van der Waals surface area contributed by atoms with E-state index in [1.165, 1.54) is 0 Å². The molecule has 0 radical (unpaired) electrons. The van der Waals surface area contributed by atoms with Crippen molar-refractivity contribution in [1.29, 1.82) is 0 Å². The van der Waals surface area contributed by atoms with Crippen molar-refractivity contribution in [3.8, 4) is 11.5 Å². The van der Waals surface area contributed by atoms with Crippen molar-refractivity contribution in [3.05, 3.63) is 23.8 Å². The molecule has 0 saturated heterocycles. The Morgan fingerprint density at radius 1 is 1.43 bits per heavy atom. The lowest BCUT2D eigenvalue weighted by Gasteiger charge is -2.18. The minimum Gasteiger partial charge on any atom is -0.490 e. The maximum absolute atomic E-state index is 11.9. The number of hydrogen-bond acceptors (Lipinski definition) is 5. The van der Waals surface area contributed by atoms with Crippen LogP contribution in [-0.4, -0.2) is 45.2 Å². The van der Waals surface area contributed by atoms with Gasteiger partial charge in [-0.25, -0.2) is 0 Å². The smallest absolute Gasteiger partial charge is 0.260 e. The van der Waals surface area contributed by atoms with Gasteiger partial charge in [0.25, 0.3) is 5.91 Å². The highest BCUT2D eigenvalue weighted by Crippen LogP contribution is 2.31. The number of benzene rings is 1. The third-order valence-electron chi connectivity index (χ3n) is 2.71. The van der Waals surface area contributed by atoms with E-state index < -0.39 is 6.10 Å². The quantitative estimate of drug-likeness (QED) is 0.551. The minimum absolute atomic E-state index is 0.281. The fraction of sp³-hybridized carbons (Fsp3) is 0.467. The first-order chi connectivity index (χ1) is 10.1. The third-order valence-corrected chi connectivity index (χ3v) is 2.71. The van der Waals surface area contributed by atoms with Crippen LogP contribution in [0.1, 0.15) is 24.2 Å². The van der Waals surface area contributed by atoms with Crippen molar-refractivity contribution in [1.82, 2.24) is 5.32 Å². The van der Waals surface area contributed by atoms with Gasteiger partial charge in [-0.2, -0.15) is 0 Å². The molecule has 1 amide bonds. The van der Waals surface area contributed by atoms with Gasteiger partial charge >= 0.3 is 0 Å². The van der Waals surface area contributed by atoms with Gasteiger partial charge in [-0.1, -0.05) is 6.07 Å². The van der Waals surface area contributed by atoms with Gasteiger partial charge in [-0.3, -0.25) is 9.59 Å². The largest absolute Gasteiger partial charge is 0.490 e. The Kier molecular flexibility index (Phi) is 7.25. The molecule has 0 heterocycles. The molecule has 0 bridgehead atoms. The first kappa shape index (κ1) is 17.0. The van der Waals surface area contributed by atoms with E-state index in [2.05, 4.69) is 5.32 Å². The van der Waals surface area contributed by atoms with E-state index in [-0.39, 0.29) is 11.7 Å². The van der Waals surface area contributed by atoms with Crippen LogP contribution < -0.4 is 14.8 Å². The molecule has 0 aliphatic carbocycles. The molecule has 0 spiro atoms. The Morgan fingerprint density at radius 2 is 2.19 bits per heavy atom. The fourth-order valence-electron chi connectivity index (χ4n) is 1.67. The summed E-state index contributed by atoms with van der Waals surface area (Å²) in [4.78, 5) is 23.0. The molecule has 1 atom stereocenters. The number of aldehydes is 1. The molecule has 116 valence electrons. The first-order valence-electron chi connectivity index (χ1n) is 6.78. The van der Waals surface area contributed by atoms with E-state index >= 15 is 0 Å². The predicted molar refractivity (Wildman–Crippen MR) is 78.0 cm³/mol. The summed E-state index contributed by atoms with van der Waals surface area (Å²) in [6, 6.07) is 5.01. The van der Waals surface area contributed by atoms with Crippen molar-refractivity contribution >= 4 is 12.2 Å². The highest BCUT2D eigenvalue weighted by molar-refractivity contribution is 5.83. The van der Waals surface area contributed by atoms with E-state index in [1.807, 2.05) is 6.92 Å². The molecule has 1 aromatic carbocycles. The monoisotopic (exact) mass is 295 g/mol. The van der Waals surface area contributed by atoms with Crippen LogP contribution >= 0.6 is 0 Å². The minimum atomic E-state index is -0.748. The van der Waals surface area contributed by atoms with E-state index in [1.54, 1.807) is 32.2 Å². The Bertz CT molecular complexity index is 475. The number of nitrogens with one attached hydrogen (secondary N) is 1. The molecule has 1 rings (SSSR count). The van der Waals surface area contributed by atoms with E-state index in [0.29, 0.717) is 37.4 Å². The Morgan fingerprint density at radius 3 is 2.81 bits per heavy atom. The molecule has 6 heteroatoms. The molecule has 1 N–H and O–H groups in total. The lowest BCUT2D eigenvalue weighted by atomic mass is 10.2. The summed E-state index contributed by atoms with van der Waals surface area (Å²) in [6.07, 6.45) is -0.0740. The number of hydrogen-bond donors (Lipinski definition) is 1. The molecule has 0 fully saturated rings. The number of carbonyl (C=O) groups excluding carboxylic acids is 2. The number of amides is 1. The lowest BCUT2D eigenvalue weighted by Crippen LogP contribution is -2.38. The Hall–Kier alpha value is -2.08. The van der Waals surface area contributed by atoms with Crippen molar-refractivity contribution in [2.75, 3.05) is 26.9 Å². The summed E-state index contributed by atoms with van der Waals surface area (Å²) in [5.41, 5.74) is 0.345. The molecule has 6 nitrogen and oxygen atoms in total. The summed E-state index contributed by atoms with van der Waals surface area (Å²) in [7, 11) is 1.56. The first-order valence-corrected chi connectivity index (χ1v) is 6.78. The molecule has 0 aliphatic rings. The van der Waals surface area contributed by atoms with E-state index in [9.17, 15) is 9.59 Å². The fourth-order valence-corrected chi connectivity index (χ4v) is 1.67. The van der Waals surface area contributed by atoms with E-state index in [4.69, 9.17) is 14.2 Å². The highest BCUT2D eigenvalue weighted by Gasteiger charge is 2.19. The van der Waals surface area contributed by atoms with Gasteiger partial charge in [-0.15, -0.1) is 0 Å². The Labute approximate surface area is 124 Å². The molecular formula is C15H21NO5. The maximum atomic E-state index is 11.9. The number of carbonyl (C=O) groups is 2. The molecule has 0 saturated carbocycles. The van der Waals surface area contributed by atoms with Gasteiger partial charge in [0.15, 0.2) is 23.9 Å². The van der Waals surface area contributed by atoms with Gasteiger partial charge in [0, 0.05) is 13.7 Å². The van der Waals surface area contributed by atoms with Crippen LogP contribution in [0.15, 0.2) is 18.2 Å². The van der Waals surface area contributed by atoms with Gasteiger partial charge in [0.2, 0.25) is 0 Å². The van der Waals surface area contributed by atoms with Crippen molar-refractivity contribution in [2.45, 2.75) is 20.0 Å². The van der Waals surface area contributed by atoms with Gasteiger partial charge in [0.1, 0.15) is 0 Å². The summed E-state index contributed by atoms with van der Waals surface area (Å²) in [5.74, 6) is 0.442. The molecular weight excluding hydrogens is 274 g/mol. The summed E-state index contributed by atoms with van der Waals surface area (Å²) in [5, 5.41) is 2.67. The standard InChI is InChI=1S/C15H21NO5/c1-4-20-13-7-5-6-12(10-17)14(13)21-11(2)15(18)16-8-9-19-3/h5-7,10-11H,4,8-9H2,1-3H3,(H,16,18). The lowest BCUT2D eigenvalue weighted by molar-refractivity contribution is -0.127. The Balaban J connectivity index is 2.80. The van der Waals surface area contributed by atoms with Crippen LogP contribution in [0.5, 0.6) is 11.5 Å². The molecule has 0 aliphatic heterocycles. The molecule has 0 aromatic heterocycles. The summed E-state index contributed by atoms with van der Waals surface area (Å²) < 4.78 is 15.9. The second-order valence-electron chi connectivity index (χ2n) is 4.27. The topological polar surface area (TPSA) is 73.9 Å². The average molecular weight is 295 g/mol.